The Bertz CT molecular complexity index is 536. The maximum absolute atomic E-state index is 13.3. The summed E-state index contributed by atoms with van der Waals surface area (Å²) in [7, 11) is 0. The van der Waals surface area contributed by atoms with Crippen LogP contribution in [0.2, 0.25) is 0 Å². The Morgan fingerprint density at radius 2 is 2.26 bits per heavy atom. The highest BCUT2D eigenvalue weighted by molar-refractivity contribution is 5.50. The van der Waals surface area contributed by atoms with Crippen LogP contribution in [-0.4, -0.2) is 22.9 Å². The fourth-order valence-corrected chi connectivity index (χ4v) is 2.02. The van der Waals surface area contributed by atoms with E-state index in [1.807, 2.05) is 6.07 Å². The average Bonchev–Trinajstić information content (AvgIpc) is 2.82. The summed E-state index contributed by atoms with van der Waals surface area (Å²) in [5.74, 6) is -0.257. The molecule has 0 saturated heterocycles. The van der Waals surface area contributed by atoms with Crippen LogP contribution in [0.5, 0.6) is 0 Å². The molecule has 1 aromatic carbocycles. The van der Waals surface area contributed by atoms with Crippen LogP contribution in [0.3, 0.4) is 0 Å². The van der Waals surface area contributed by atoms with Gasteiger partial charge in [0.25, 0.3) is 0 Å². The van der Waals surface area contributed by atoms with Gasteiger partial charge in [-0.1, -0.05) is 13.0 Å². The summed E-state index contributed by atoms with van der Waals surface area (Å²) < 4.78 is 15.0. The molecule has 1 aromatic heterocycles. The Balaban J connectivity index is 2.26. The van der Waals surface area contributed by atoms with Crippen molar-refractivity contribution in [3.05, 3.63) is 42.0 Å². The average molecular weight is 262 g/mol. The van der Waals surface area contributed by atoms with Gasteiger partial charge in [-0.05, 0) is 37.6 Å². The molecule has 102 valence electrons. The van der Waals surface area contributed by atoms with Crippen LogP contribution in [0.25, 0.3) is 5.69 Å². The van der Waals surface area contributed by atoms with E-state index in [2.05, 4.69) is 17.3 Å². The number of anilines is 1. The molecule has 2 rings (SSSR count). The van der Waals surface area contributed by atoms with E-state index in [9.17, 15) is 4.39 Å². The molecule has 19 heavy (non-hydrogen) atoms. The second-order valence-electron chi connectivity index (χ2n) is 4.32. The number of nitrogens with two attached hydrogens (primary N) is 1. The summed E-state index contributed by atoms with van der Waals surface area (Å²) >= 11 is 0. The van der Waals surface area contributed by atoms with Crippen LogP contribution in [-0.2, 0) is 6.42 Å². The van der Waals surface area contributed by atoms with Gasteiger partial charge in [-0.3, -0.25) is 0 Å². The first-order valence-electron chi connectivity index (χ1n) is 6.53. The molecular weight excluding hydrogens is 243 g/mol. The minimum absolute atomic E-state index is 0.257. The zero-order valence-electron chi connectivity index (χ0n) is 11.1. The van der Waals surface area contributed by atoms with E-state index in [0.29, 0.717) is 6.54 Å². The van der Waals surface area contributed by atoms with Crippen LogP contribution in [0.4, 0.5) is 10.1 Å². The predicted octanol–water partition coefficient (Wildman–Crippen LogP) is 2.33. The number of hydrogen-bond acceptors (Lipinski definition) is 3. The number of nitrogens with zero attached hydrogens (tertiary/aromatic N) is 2. The standard InChI is InChI=1S/C14H19FN4/c1-2-14-13(17-8-4-7-16)10-18-19(14)12-6-3-5-11(15)9-12/h3,5-6,9-10,17H,2,4,7-8,16H2,1H3. The first kappa shape index (κ1) is 13.5. The molecular formula is C14H19FN4. The topological polar surface area (TPSA) is 55.9 Å². The predicted molar refractivity (Wildman–Crippen MR) is 75.1 cm³/mol. The van der Waals surface area contributed by atoms with Gasteiger partial charge in [-0.25, -0.2) is 9.07 Å². The minimum atomic E-state index is -0.257. The molecule has 0 saturated carbocycles. The van der Waals surface area contributed by atoms with Crippen LogP contribution < -0.4 is 11.1 Å². The Morgan fingerprint density at radius 1 is 1.42 bits per heavy atom. The minimum Gasteiger partial charge on any atom is -0.382 e. The lowest BCUT2D eigenvalue weighted by Crippen LogP contribution is -2.10. The lowest BCUT2D eigenvalue weighted by molar-refractivity contribution is 0.624. The zero-order valence-corrected chi connectivity index (χ0v) is 11.1. The summed E-state index contributed by atoms with van der Waals surface area (Å²) in [6, 6.07) is 6.45. The van der Waals surface area contributed by atoms with Crippen molar-refractivity contribution >= 4 is 5.69 Å². The van der Waals surface area contributed by atoms with Crippen molar-refractivity contribution in [2.24, 2.45) is 5.73 Å². The summed E-state index contributed by atoms with van der Waals surface area (Å²) in [5.41, 5.74) is 8.24. The van der Waals surface area contributed by atoms with Crippen molar-refractivity contribution in [2.75, 3.05) is 18.4 Å². The molecule has 0 bridgehead atoms. The van der Waals surface area contributed by atoms with E-state index in [0.717, 1.165) is 36.5 Å². The first-order valence-corrected chi connectivity index (χ1v) is 6.53. The summed E-state index contributed by atoms with van der Waals surface area (Å²) in [6.07, 6.45) is 3.51. The van der Waals surface area contributed by atoms with Gasteiger partial charge in [-0.2, -0.15) is 5.10 Å². The molecule has 0 amide bonds. The molecule has 0 spiro atoms. The summed E-state index contributed by atoms with van der Waals surface area (Å²) in [5, 5.41) is 7.65. The highest BCUT2D eigenvalue weighted by Crippen LogP contribution is 2.20. The smallest absolute Gasteiger partial charge is 0.125 e. The molecule has 0 aliphatic carbocycles. The quantitative estimate of drug-likeness (QED) is 0.786. The maximum Gasteiger partial charge on any atom is 0.125 e. The first-order chi connectivity index (χ1) is 9.26. The Labute approximate surface area is 112 Å². The van der Waals surface area contributed by atoms with Crippen LogP contribution >= 0.6 is 0 Å². The van der Waals surface area contributed by atoms with Crippen molar-refractivity contribution in [1.82, 2.24) is 9.78 Å². The van der Waals surface area contributed by atoms with Gasteiger partial charge in [-0.15, -0.1) is 0 Å². The third kappa shape index (κ3) is 3.12. The molecule has 4 nitrogen and oxygen atoms in total. The molecule has 0 radical (unpaired) electrons. The number of nitrogens with one attached hydrogen (secondary N) is 1. The number of benzene rings is 1. The number of hydrogen-bond donors (Lipinski definition) is 2. The SMILES string of the molecule is CCc1c(NCCCN)cnn1-c1cccc(F)c1. The second-order valence-corrected chi connectivity index (χ2v) is 4.32. The van der Waals surface area contributed by atoms with Crippen LogP contribution in [0.1, 0.15) is 19.0 Å². The van der Waals surface area contributed by atoms with Crippen molar-refractivity contribution in [3.63, 3.8) is 0 Å². The molecule has 0 unspecified atom stereocenters. The fraction of sp³-hybridized carbons (Fsp3) is 0.357. The maximum atomic E-state index is 13.3. The fourth-order valence-electron chi connectivity index (χ4n) is 2.02. The largest absolute Gasteiger partial charge is 0.382 e. The molecule has 2 aromatic rings. The van der Waals surface area contributed by atoms with Crippen LogP contribution in [0.15, 0.2) is 30.5 Å². The number of aromatic nitrogens is 2. The monoisotopic (exact) mass is 262 g/mol. The van der Waals surface area contributed by atoms with E-state index in [1.165, 1.54) is 12.1 Å². The normalized spacial score (nSPS) is 10.7. The third-order valence-electron chi connectivity index (χ3n) is 2.95. The summed E-state index contributed by atoms with van der Waals surface area (Å²) in [6.45, 7) is 3.53. The van der Waals surface area contributed by atoms with Gasteiger partial charge in [0.2, 0.25) is 0 Å². The molecule has 0 aliphatic heterocycles. The molecule has 0 aliphatic rings. The Morgan fingerprint density at radius 3 is 2.95 bits per heavy atom. The van der Waals surface area contributed by atoms with E-state index >= 15 is 0 Å². The lowest BCUT2D eigenvalue weighted by atomic mass is 10.2. The molecule has 0 atom stereocenters. The highest BCUT2D eigenvalue weighted by atomic mass is 19.1. The second kappa shape index (κ2) is 6.33. The number of halogens is 1. The molecule has 1 heterocycles. The van der Waals surface area contributed by atoms with Gasteiger partial charge in [0.15, 0.2) is 0 Å². The van der Waals surface area contributed by atoms with Crippen molar-refractivity contribution in [2.45, 2.75) is 19.8 Å². The van der Waals surface area contributed by atoms with E-state index in [4.69, 9.17) is 5.73 Å². The van der Waals surface area contributed by atoms with Crippen LogP contribution in [0, 0.1) is 5.82 Å². The highest BCUT2D eigenvalue weighted by Gasteiger charge is 2.10. The Kier molecular flexibility index (Phi) is 4.52. The molecule has 3 N–H and O–H groups in total. The zero-order chi connectivity index (χ0) is 13.7. The number of rotatable bonds is 6. The lowest BCUT2D eigenvalue weighted by Gasteiger charge is -2.09. The van der Waals surface area contributed by atoms with E-state index in [1.54, 1.807) is 16.9 Å². The molecule has 0 fully saturated rings. The Hall–Kier alpha value is -1.88. The van der Waals surface area contributed by atoms with Crippen molar-refractivity contribution < 1.29 is 4.39 Å². The van der Waals surface area contributed by atoms with Gasteiger partial charge >= 0.3 is 0 Å². The van der Waals surface area contributed by atoms with Gasteiger partial charge in [0, 0.05) is 6.54 Å². The van der Waals surface area contributed by atoms with Gasteiger partial charge in [0.05, 0.1) is 23.3 Å². The van der Waals surface area contributed by atoms with E-state index in [-0.39, 0.29) is 5.82 Å². The third-order valence-corrected chi connectivity index (χ3v) is 2.95. The molecule has 5 heteroatoms. The summed E-state index contributed by atoms with van der Waals surface area (Å²) in [4.78, 5) is 0. The van der Waals surface area contributed by atoms with Gasteiger partial charge < -0.3 is 11.1 Å². The van der Waals surface area contributed by atoms with E-state index < -0.39 is 0 Å². The van der Waals surface area contributed by atoms with Gasteiger partial charge in [0.1, 0.15) is 5.82 Å². The van der Waals surface area contributed by atoms with Crippen molar-refractivity contribution in [3.8, 4) is 5.69 Å². The van der Waals surface area contributed by atoms with Crippen molar-refractivity contribution in [1.29, 1.82) is 0 Å².